The van der Waals surface area contributed by atoms with Crippen LogP contribution in [-0.2, 0) is 0 Å². The number of hydrogen-bond acceptors (Lipinski definition) is 2. The molecule has 0 saturated carbocycles. The highest BCUT2D eigenvalue weighted by Crippen LogP contribution is 2.32. The maximum atomic E-state index is 10.5. The van der Waals surface area contributed by atoms with Crippen molar-refractivity contribution in [2.24, 2.45) is 0 Å². The number of likely N-dealkylation sites (tertiary alicyclic amines) is 1. The van der Waals surface area contributed by atoms with Gasteiger partial charge in [0.05, 0.1) is 6.10 Å². The van der Waals surface area contributed by atoms with Crippen LogP contribution in [0.4, 0.5) is 0 Å². The van der Waals surface area contributed by atoms with Crippen LogP contribution >= 0.6 is 0 Å². The van der Waals surface area contributed by atoms with E-state index in [1.165, 1.54) is 16.7 Å². The second-order valence-electron chi connectivity index (χ2n) is 5.66. The summed E-state index contributed by atoms with van der Waals surface area (Å²) in [5.74, 6) is 0. The molecule has 1 heterocycles. The first kappa shape index (κ1) is 14.1. The SMILES string of the molecule is CN1CCC(=C(c2ccccc2)c2ccccc2)C(O)C1. The van der Waals surface area contributed by atoms with E-state index in [9.17, 15) is 5.11 Å². The van der Waals surface area contributed by atoms with Gasteiger partial charge in [-0.3, -0.25) is 0 Å². The number of β-amino-alcohol motifs (C(OH)–C–C–N with tert-alkyl or cyclic N) is 1. The fraction of sp³-hybridized carbons (Fsp3) is 0.263. The summed E-state index contributed by atoms with van der Waals surface area (Å²) in [5.41, 5.74) is 4.71. The summed E-state index contributed by atoms with van der Waals surface area (Å²) in [6.45, 7) is 1.70. The second kappa shape index (κ2) is 6.25. The van der Waals surface area contributed by atoms with E-state index in [0.717, 1.165) is 18.5 Å². The van der Waals surface area contributed by atoms with Crippen molar-refractivity contribution in [2.45, 2.75) is 12.5 Å². The molecule has 2 heteroatoms. The van der Waals surface area contributed by atoms with Crippen LogP contribution in [0.5, 0.6) is 0 Å². The van der Waals surface area contributed by atoms with Crippen LogP contribution in [0.15, 0.2) is 66.2 Å². The summed E-state index contributed by atoms with van der Waals surface area (Å²) >= 11 is 0. The molecule has 0 aromatic heterocycles. The van der Waals surface area contributed by atoms with Crippen molar-refractivity contribution in [1.82, 2.24) is 4.90 Å². The smallest absolute Gasteiger partial charge is 0.0886 e. The summed E-state index contributed by atoms with van der Waals surface area (Å²) in [7, 11) is 2.06. The number of aliphatic hydroxyl groups is 1. The van der Waals surface area contributed by atoms with Gasteiger partial charge in [-0.1, -0.05) is 60.7 Å². The fourth-order valence-corrected chi connectivity index (χ4v) is 3.01. The normalized spacial score (nSPS) is 19.5. The molecule has 21 heavy (non-hydrogen) atoms. The Bertz CT molecular complexity index is 577. The minimum atomic E-state index is -0.390. The molecule has 2 aromatic rings. The topological polar surface area (TPSA) is 23.5 Å². The lowest BCUT2D eigenvalue weighted by Gasteiger charge is -2.31. The van der Waals surface area contributed by atoms with E-state index in [-0.39, 0.29) is 6.10 Å². The lowest BCUT2D eigenvalue weighted by atomic mass is 9.87. The molecular formula is C19H21NO. The summed E-state index contributed by atoms with van der Waals surface area (Å²) in [6.07, 6.45) is 0.524. The zero-order valence-electron chi connectivity index (χ0n) is 12.4. The first-order valence-electron chi connectivity index (χ1n) is 7.46. The Morgan fingerprint density at radius 2 is 1.48 bits per heavy atom. The lowest BCUT2D eigenvalue weighted by molar-refractivity contribution is 0.129. The lowest BCUT2D eigenvalue weighted by Crippen LogP contribution is -2.37. The maximum Gasteiger partial charge on any atom is 0.0886 e. The van der Waals surface area contributed by atoms with Gasteiger partial charge in [0, 0.05) is 13.1 Å². The van der Waals surface area contributed by atoms with Gasteiger partial charge in [0.25, 0.3) is 0 Å². The van der Waals surface area contributed by atoms with Crippen molar-refractivity contribution in [1.29, 1.82) is 0 Å². The molecule has 0 aliphatic carbocycles. The summed E-state index contributed by atoms with van der Waals surface area (Å²) in [4.78, 5) is 2.18. The van der Waals surface area contributed by atoms with Crippen molar-refractivity contribution < 1.29 is 5.11 Å². The van der Waals surface area contributed by atoms with Crippen molar-refractivity contribution in [3.8, 4) is 0 Å². The molecule has 1 aliphatic heterocycles. The Hall–Kier alpha value is -1.90. The number of aliphatic hydroxyl groups excluding tert-OH is 1. The molecule has 2 nitrogen and oxygen atoms in total. The highest BCUT2D eigenvalue weighted by Gasteiger charge is 2.24. The van der Waals surface area contributed by atoms with E-state index in [1.807, 2.05) is 12.1 Å². The third-order valence-electron chi connectivity index (χ3n) is 4.10. The number of nitrogens with zero attached hydrogens (tertiary/aromatic N) is 1. The minimum absolute atomic E-state index is 0.390. The first-order valence-corrected chi connectivity index (χ1v) is 7.46. The summed E-state index contributed by atoms with van der Waals surface area (Å²) < 4.78 is 0. The van der Waals surface area contributed by atoms with E-state index in [1.54, 1.807) is 0 Å². The van der Waals surface area contributed by atoms with Gasteiger partial charge in [0.15, 0.2) is 0 Å². The second-order valence-corrected chi connectivity index (χ2v) is 5.66. The van der Waals surface area contributed by atoms with Gasteiger partial charge >= 0.3 is 0 Å². The zero-order chi connectivity index (χ0) is 14.7. The van der Waals surface area contributed by atoms with Crippen molar-refractivity contribution in [3.05, 3.63) is 77.4 Å². The van der Waals surface area contributed by atoms with E-state index in [2.05, 4.69) is 60.5 Å². The number of likely N-dealkylation sites (N-methyl/N-ethyl adjacent to an activating group) is 1. The quantitative estimate of drug-likeness (QED) is 0.912. The average Bonchev–Trinajstić information content (AvgIpc) is 2.52. The third kappa shape index (κ3) is 3.07. The van der Waals surface area contributed by atoms with Crippen molar-refractivity contribution >= 4 is 5.57 Å². The van der Waals surface area contributed by atoms with E-state index >= 15 is 0 Å². The molecular weight excluding hydrogens is 258 g/mol. The molecule has 1 atom stereocenters. The van der Waals surface area contributed by atoms with Crippen LogP contribution in [0.2, 0.25) is 0 Å². The van der Waals surface area contributed by atoms with E-state index in [0.29, 0.717) is 6.54 Å². The fourth-order valence-electron chi connectivity index (χ4n) is 3.01. The number of piperidine rings is 1. The van der Waals surface area contributed by atoms with Gasteiger partial charge in [-0.05, 0) is 35.7 Å². The Labute approximate surface area is 126 Å². The minimum Gasteiger partial charge on any atom is -0.387 e. The van der Waals surface area contributed by atoms with Gasteiger partial charge in [-0.25, -0.2) is 0 Å². The monoisotopic (exact) mass is 279 g/mol. The maximum absolute atomic E-state index is 10.5. The Kier molecular flexibility index (Phi) is 4.18. The van der Waals surface area contributed by atoms with Crippen molar-refractivity contribution in [3.63, 3.8) is 0 Å². The Morgan fingerprint density at radius 3 is 1.95 bits per heavy atom. The van der Waals surface area contributed by atoms with Crippen LogP contribution < -0.4 is 0 Å². The molecule has 1 aliphatic rings. The standard InChI is InChI=1S/C19H21NO/c1-20-13-12-17(18(21)14-20)19(15-8-4-2-5-9-15)16-10-6-3-7-11-16/h2-11,18,21H,12-14H2,1H3. The zero-order valence-corrected chi connectivity index (χ0v) is 12.4. The molecule has 3 rings (SSSR count). The Morgan fingerprint density at radius 1 is 0.952 bits per heavy atom. The molecule has 108 valence electrons. The largest absolute Gasteiger partial charge is 0.387 e. The highest BCUT2D eigenvalue weighted by molar-refractivity contribution is 5.82. The molecule has 0 radical (unpaired) electrons. The predicted molar refractivity (Wildman–Crippen MR) is 87.0 cm³/mol. The molecule has 0 amide bonds. The highest BCUT2D eigenvalue weighted by atomic mass is 16.3. The van der Waals surface area contributed by atoms with Crippen LogP contribution in [-0.4, -0.2) is 36.2 Å². The Balaban J connectivity index is 2.13. The van der Waals surface area contributed by atoms with Crippen molar-refractivity contribution in [2.75, 3.05) is 20.1 Å². The van der Waals surface area contributed by atoms with Crippen LogP contribution in [0, 0.1) is 0 Å². The van der Waals surface area contributed by atoms with Crippen LogP contribution in [0.25, 0.3) is 5.57 Å². The van der Waals surface area contributed by atoms with E-state index in [4.69, 9.17) is 0 Å². The van der Waals surface area contributed by atoms with Gasteiger partial charge in [-0.2, -0.15) is 0 Å². The van der Waals surface area contributed by atoms with E-state index < -0.39 is 0 Å². The molecule has 0 spiro atoms. The van der Waals surface area contributed by atoms with Crippen LogP contribution in [0.3, 0.4) is 0 Å². The average molecular weight is 279 g/mol. The summed E-state index contributed by atoms with van der Waals surface area (Å²) in [6, 6.07) is 20.8. The number of benzene rings is 2. The molecule has 1 unspecified atom stereocenters. The number of rotatable bonds is 2. The predicted octanol–water partition coefficient (Wildman–Crippen LogP) is 3.18. The number of hydrogen-bond donors (Lipinski definition) is 1. The molecule has 1 saturated heterocycles. The van der Waals surface area contributed by atoms with Gasteiger partial charge in [0.2, 0.25) is 0 Å². The molecule has 0 bridgehead atoms. The molecule has 1 fully saturated rings. The molecule has 1 N–H and O–H groups in total. The molecule has 2 aromatic carbocycles. The van der Waals surface area contributed by atoms with Gasteiger partial charge < -0.3 is 10.0 Å². The first-order chi connectivity index (χ1) is 10.3. The summed E-state index contributed by atoms with van der Waals surface area (Å²) in [5, 5.41) is 10.5. The van der Waals surface area contributed by atoms with Crippen LogP contribution in [0.1, 0.15) is 17.5 Å². The third-order valence-corrected chi connectivity index (χ3v) is 4.10. The van der Waals surface area contributed by atoms with Gasteiger partial charge in [-0.15, -0.1) is 0 Å². The van der Waals surface area contributed by atoms with Gasteiger partial charge in [0.1, 0.15) is 0 Å².